The Bertz CT molecular complexity index is 539. The summed E-state index contributed by atoms with van der Waals surface area (Å²) in [6.45, 7) is 1.91. The molecule has 1 aromatic rings. The van der Waals surface area contributed by atoms with Crippen LogP contribution in [0.5, 0.6) is 5.75 Å². The van der Waals surface area contributed by atoms with E-state index < -0.39 is 15.8 Å². The van der Waals surface area contributed by atoms with E-state index in [9.17, 15) is 13.2 Å². The Labute approximate surface area is 125 Å². The molecule has 0 aromatic heterocycles. The predicted octanol–water partition coefficient (Wildman–Crippen LogP) is 1.41. The summed E-state index contributed by atoms with van der Waals surface area (Å²) >= 11 is 0. The summed E-state index contributed by atoms with van der Waals surface area (Å²) in [5, 5.41) is 0. The molecule has 6 nitrogen and oxygen atoms in total. The number of hydrogen-bond acceptors (Lipinski definition) is 6. The fourth-order valence-corrected chi connectivity index (χ4v) is 2.34. The Morgan fingerprint density at radius 1 is 1.19 bits per heavy atom. The van der Waals surface area contributed by atoms with Gasteiger partial charge in [0.15, 0.2) is 0 Å². The van der Waals surface area contributed by atoms with Crippen LogP contribution in [-0.4, -0.2) is 39.1 Å². The van der Waals surface area contributed by atoms with Crippen molar-refractivity contribution in [2.75, 3.05) is 30.5 Å². The molecule has 0 aliphatic carbocycles. The fraction of sp³-hybridized carbons (Fsp3) is 0.500. The van der Waals surface area contributed by atoms with E-state index in [1.807, 2.05) is 0 Å². The summed E-state index contributed by atoms with van der Waals surface area (Å²) in [4.78, 5) is 11.4. The number of nitrogens with two attached hydrogens (primary N) is 1. The first-order chi connectivity index (χ1) is 9.93. The van der Waals surface area contributed by atoms with E-state index >= 15 is 0 Å². The van der Waals surface area contributed by atoms with Gasteiger partial charge < -0.3 is 15.2 Å². The van der Waals surface area contributed by atoms with Crippen molar-refractivity contribution in [1.82, 2.24) is 0 Å². The number of benzene rings is 1. The highest BCUT2D eigenvalue weighted by Crippen LogP contribution is 2.13. The van der Waals surface area contributed by atoms with Gasteiger partial charge in [-0.25, -0.2) is 8.42 Å². The van der Waals surface area contributed by atoms with Crippen LogP contribution in [0.4, 0.5) is 5.69 Å². The van der Waals surface area contributed by atoms with Crippen LogP contribution in [0.15, 0.2) is 24.3 Å². The number of rotatable bonds is 9. The number of carbonyl (C=O) groups is 1. The molecular weight excluding hydrogens is 294 g/mol. The third kappa shape index (κ3) is 7.55. The highest BCUT2D eigenvalue weighted by atomic mass is 32.2. The van der Waals surface area contributed by atoms with Crippen LogP contribution in [-0.2, 0) is 19.4 Å². The lowest BCUT2D eigenvalue weighted by molar-refractivity contribution is -0.144. The zero-order chi connectivity index (χ0) is 15.7. The molecule has 1 rings (SSSR count). The largest absolute Gasteiger partial charge is 0.493 e. The zero-order valence-corrected chi connectivity index (χ0v) is 12.9. The fourth-order valence-electron chi connectivity index (χ4n) is 1.50. The molecule has 0 spiro atoms. The van der Waals surface area contributed by atoms with E-state index in [1.165, 1.54) is 0 Å². The Hall–Kier alpha value is -1.76. The second-order valence-electron chi connectivity index (χ2n) is 4.48. The van der Waals surface area contributed by atoms with Gasteiger partial charge in [-0.3, -0.25) is 4.79 Å². The molecule has 1 aromatic carbocycles. The van der Waals surface area contributed by atoms with Gasteiger partial charge in [-0.2, -0.15) is 0 Å². The van der Waals surface area contributed by atoms with Crippen molar-refractivity contribution >= 4 is 21.5 Å². The Morgan fingerprint density at radius 2 is 1.86 bits per heavy atom. The van der Waals surface area contributed by atoms with Crippen LogP contribution in [0.1, 0.15) is 19.8 Å². The zero-order valence-electron chi connectivity index (χ0n) is 12.1. The second kappa shape index (κ2) is 8.51. The molecule has 0 fully saturated rings. The van der Waals surface area contributed by atoms with Gasteiger partial charge in [0.05, 0.1) is 25.4 Å². The SMILES string of the molecule is CCS(=O)(=O)CCCOC(=O)CCOc1ccc(N)cc1. The van der Waals surface area contributed by atoms with Crippen molar-refractivity contribution in [1.29, 1.82) is 0 Å². The van der Waals surface area contributed by atoms with Gasteiger partial charge in [0, 0.05) is 11.4 Å². The molecule has 0 unspecified atom stereocenters. The van der Waals surface area contributed by atoms with Crippen molar-refractivity contribution in [3.63, 3.8) is 0 Å². The molecule has 21 heavy (non-hydrogen) atoms. The van der Waals surface area contributed by atoms with E-state index in [1.54, 1.807) is 31.2 Å². The van der Waals surface area contributed by atoms with Crippen LogP contribution < -0.4 is 10.5 Å². The van der Waals surface area contributed by atoms with Crippen LogP contribution in [0.25, 0.3) is 0 Å². The van der Waals surface area contributed by atoms with E-state index in [4.69, 9.17) is 15.2 Å². The highest BCUT2D eigenvalue weighted by molar-refractivity contribution is 7.91. The molecule has 118 valence electrons. The van der Waals surface area contributed by atoms with Crippen LogP contribution in [0.2, 0.25) is 0 Å². The lowest BCUT2D eigenvalue weighted by Crippen LogP contribution is -2.14. The molecule has 0 saturated heterocycles. The first-order valence-electron chi connectivity index (χ1n) is 6.77. The Morgan fingerprint density at radius 3 is 2.48 bits per heavy atom. The van der Waals surface area contributed by atoms with Gasteiger partial charge in [-0.1, -0.05) is 6.92 Å². The minimum Gasteiger partial charge on any atom is -0.493 e. The summed E-state index contributed by atoms with van der Waals surface area (Å²) in [5.74, 6) is 0.375. The number of esters is 1. The van der Waals surface area contributed by atoms with Crippen LogP contribution in [0.3, 0.4) is 0 Å². The Balaban J connectivity index is 2.13. The third-order valence-electron chi connectivity index (χ3n) is 2.76. The molecule has 0 bridgehead atoms. The van der Waals surface area contributed by atoms with Crippen molar-refractivity contribution in [2.45, 2.75) is 19.8 Å². The van der Waals surface area contributed by atoms with Crippen LogP contribution in [0, 0.1) is 0 Å². The number of sulfone groups is 1. The summed E-state index contributed by atoms with van der Waals surface area (Å²) in [6, 6.07) is 6.86. The quantitative estimate of drug-likeness (QED) is 0.420. The number of carbonyl (C=O) groups excluding carboxylic acids is 1. The average Bonchev–Trinajstić information content (AvgIpc) is 2.46. The lowest BCUT2D eigenvalue weighted by Gasteiger charge is -2.07. The molecule has 0 atom stereocenters. The van der Waals surface area contributed by atoms with Crippen LogP contribution >= 0.6 is 0 Å². The van der Waals surface area contributed by atoms with Gasteiger partial charge in [0.2, 0.25) is 0 Å². The number of anilines is 1. The van der Waals surface area contributed by atoms with Crippen molar-refractivity contribution in [2.24, 2.45) is 0 Å². The summed E-state index contributed by atoms with van der Waals surface area (Å²) in [5.41, 5.74) is 6.18. The molecule has 0 saturated carbocycles. The summed E-state index contributed by atoms with van der Waals surface area (Å²) < 4.78 is 32.7. The topological polar surface area (TPSA) is 95.7 Å². The molecule has 0 aliphatic heterocycles. The lowest BCUT2D eigenvalue weighted by atomic mass is 10.3. The minimum absolute atomic E-state index is 0.0404. The third-order valence-corrected chi connectivity index (χ3v) is 4.55. The molecule has 7 heteroatoms. The maximum Gasteiger partial charge on any atom is 0.309 e. The van der Waals surface area contributed by atoms with Crippen molar-refractivity contribution < 1.29 is 22.7 Å². The maximum atomic E-state index is 11.4. The van der Waals surface area contributed by atoms with Gasteiger partial charge in [0.1, 0.15) is 15.6 Å². The highest BCUT2D eigenvalue weighted by Gasteiger charge is 2.08. The summed E-state index contributed by atoms with van der Waals surface area (Å²) in [6.07, 6.45) is 0.436. The standard InChI is InChI=1S/C14H21NO5S/c1-2-21(17,18)11-3-9-20-14(16)8-10-19-13-6-4-12(15)5-7-13/h4-7H,2-3,8-11,15H2,1H3. The van der Waals surface area contributed by atoms with E-state index in [0.717, 1.165) is 0 Å². The number of ether oxygens (including phenoxy) is 2. The second-order valence-corrected chi connectivity index (χ2v) is 6.95. The average molecular weight is 315 g/mol. The van der Waals surface area contributed by atoms with Gasteiger partial charge in [-0.05, 0) is 30.7 Å². The molecule has 0 radical (unpaired) electrons. The van der Waals surface area contributed by atoms with Crippen molar-refractivity contribution in [3.8, 4) is 5.75 Å². The molecule has 0 aliphatic rings. The molecule has 0 heterocycles. The maximum absolute atomic E-state index is 11.4. The van der Waals surface area contributed by atoms with E-state index in [-0.39, 0.29) is 31.1 Å². The Kier molecular flexibility index (Phi) is 7.01. The normalized spacial score (nSPS) is 11.1. The number of hydrogen-bond donors (Lipinski definition) is 1. The summed E-state index contributed by atoms with van der Waals surface area (Å²) in [7, 11) is -3.00. The van der Waals surface area contributed by atoms with Gasteiger partial charge in [-0.15, -0.1) is 0 Å². The van der Waals surface area contributed by atoms with Gasteiger partial charge in [0.25, 0.3) is 0 Å². The molecule has 0 amide bonds. The first kappa shape index (κ1) is 17.3. The minimum atomic E-state index is -3.00. The molecule has 2 N–H and O–H groups in total. The van der Waals surface area contributed by atoms with Crippen molar-refractivity contribution in [3.05, 3.63) is 24.3 Å². The predicted molar refractivity (Wildman–Crippen MR) is 80.9 cm³/mol. The monoisotopic (exact) mass is 315 g/mol. The number of nitrogen functional groups attached to an aromatic ring is 1. The van der Waals surface area contributed by atoms with E-state index in [2.05, 4.69) is 0 Å². The van der Waals surface area contributed by atoms with E-state index in [0.29, 0.717) is 17.9 Å². The smallest absolute Gasteiger partial charge is 0.309 e. The first-order valence-corrected chi connectivity index (χ1v) is 8.59. The molecular formula is C14H21NO5S. The van der Waals surface area contributed by atoms with Gasteiger partial charge >= 0.3 is 5.97 Å².